The van der Waals surface area contributed by atoms with Crippen LogP contribution < -0.4 is 5.46 Å². The first-order valence-corrected chi connectivity index (χ1v) is 10.9. The topological polar surface area (TPSA) is 40.5 Å². The van der Waals surface area contributed by atoms with Gasteiger partial charge in [0.15, 0.2) is 0 Å². The third-order valence-corrected chi connectivity index (χ3v) is 6.77. The summed E-state index contributed by atoms with van der Waals surface area (Å²) in [5.41, 5.74) is 6.51. The summed E-state index contributed by atoms with van der Waals surface area (Å²) < 4.78 is 0. The van der Waals surface area contributed by atoms with Gasteiger partial charge in [0.2, 0.25) is 0 Å². The second-order valence-corrected chi connectivity index (χ2v) is 8.33. The van der Waals surface area contributed by atoms with Gasteiger partial charge in [-0.25, -0.2) is 0 Å². The maximum atomic E-state index is 10.3. The number of rotatable bonds is 3. The van der Waals surface area contributed by atoms with Gasteiger partial charge in [0.05, 0.1) is 5.41 Å². The second kappa shape index (κ2) is 7.20. The number of benzene rings is 5. The van der Waals surface area contributed by atoms with Gasteiger partial charge in [0, 0.05) is 0 Å². The molecule has 0 saturated heterocycles. The minimum Gasteiger partial charge on any atom is -0.423 e. The molecule has 0 bridgehead atoms. The van der Waals surface area contributed by atoms with Gasteiger partial charge in [-0.05, 0) is 49.6 Å². The molecule has 1 aliphatic rings. The van der Waals surface area contributed by atoms with Crippen LogP contribution in [0.4, 0.5) is 0 Å². The lowest BCUT2D eigenvalue weighted by Gasteiger charge is -2.34. The summed E-state index contributed by atoms with van der Waals surface area (Å²) in [7, 11) is -1.55. The minimum atomic E-state index is -1.55. The Labute approximate surface area is 187 Å². The lowest BCUT2D eigenvalue weighted by molar-refractivity contribution is 0.426. The molecule has 0 aliphatic heterocycles. The van der Waals surface area contributed by atoms with Crippen LogP contribution in [0.3, 0.4) is 0 Å². The van der Waals surface area contributed by atoms with Gasteiger partial charge in [-0.1, -0.05) is 115 Å². The predicted octanol–water partition coefficient (Wildman–Crippen LogP) is 4.88. The SMILES string of the molecule is OB(O)c1cccc2c1-c1ccc3ccccc3c1C2(c1ccccc1)c1ccccc1. The van der Waals surface area contributed by atoms with Gasteiger partial charge in [0.1, 0.15) is 0 Å². The van der Waals surface area contributed by atoms with Crippen molar-refractivity contribution in [3.63, 3.8) is 0 Å². The summed E-state index contributed by atoms with van der Waals surface area (Å²) in [6, 6.07) is 39.7. The lowest BCUT2D eigenvalue weighted by Crippen LogP contribution is -2.33. The van der Waals surface area contributed by atoms with Crippen LogP contribution in [-0.2, 0) is 5.41 Å². The second-order valence-electron chi connectivity index (χ2n) is 8.33. The molecule has 0 spiro atoms. The summed E-state index contributed by atoms with van der Waals surface area (Å²) >= 11 is 0. The highest BCUT2D eigenvalue weighted by atomic mass is 16.4. The first-order chi connectivity index (χ1) is 15.7. The third kappa shape index (κ3) is 2.50. The standard InChI is InChI=1S/C29H21BO2/c31-30(32)26-17-9-16-25-27(26)24-19-18-20-10-7-8-15-23(20)28(24)29(25,21-11-3-1-4-12-21)22-13-5-2-6-14-22/h1-19,31-32H. The minimum absolute atomic E-state index is 0.535. The molecule has 3 heteroatoms. The molecule has 0 fully saturated rings. The molecule has 5 aromatic rings. The van der Waals surface area contributed by atoms with Crippen LogP contribution in [0.2, 0.25) is 0 Å². The number of fused-ring (bicyclic) bond motifs is 5. The molecule has 5 aromatic carbocycles. The van der Waals surface area contributed by atoms with Crippen molar-refractivity contribution in [1.82, 2.24) is 0 Å². The molecule has 0 aromatic heterocycles. The Balaban J connectivity index is 1.89. The molecule has 0 unspecified atom stereocenters. The van der Waals surface area contributed by atoms with Crippen LogP contribution in [0.1, 0.15) is 22.3 Å². The van der Waals surface area contributed by atoms with Crippen molar-refractivity contribution in [3.05, 3.63) is 138 Å². The van der Waals surface area contributed by atoms with Gasteiger partial charge in [0.25, 0.3) is 0 Å². The maximum absolute atomic E-state index is 10.3. The van der Waals surface area contributed by atoms with E-state index >= 15 is 0 Å². The Morgan fingerprint density at radius 2 is 1.19 bits per heavy atom. The summed E-state index contributed by atoms with van der Waals surface area (Å²) in [6.07, 6.45) is 0. The molecule has 2 nitrogen and oxygen atoms in total. The van der Waals surface area contributed by atoms with E-state index in [4.69, 9.17) is 0 Å². The van der Waals surface area contributed by atoms with Crippen molar-refractivity contribution in [2.75, 3.05) is 0 Å². The molecular formula is C29H21BO2. The highest BCUT2D eigenvalue weighted by Crippen LogP contribution is 2.57. The maximum Gasteiger partial charge on any atom is 0.489 e. The Kier molecular flexibility index (Phi) is 4.29. The smallest absolute Gasteiger partial charge is 0.423 e. The fourth-order valence-electron chi connectivity index (χ4n) is 5.56. The van der Waals surface area contributed by atoms with Crippen molar-refractivity contribution in [3.8, 4) is 11.1 Å². The van der Waals surface area contributed by atoms with Crippen molar-refractivity contribution in [2.24, 2.45) is 0 Å². The molecule has 2 N–H and O–H groups in total. The van der Waals surface area contributed by atoms with Gasteiger partial charge < -0.3 is 10.0 Å². The molecule has 152 valence electrons. The van der Waals surface area contributed by atoms with Crippen LogP contribution >= 0.6 is 0 Å². The largest absolute Gasteiger partial charge is 0.489 e. The van der Waals surface area contributed by atoms with E-state index in [2.05, 4.69) is 91.0 Å². The van der Waals surface area contributed by atoms with Crippen LogP contribution in [0.15, 0.2) is 115 Å². The molecule has 1 aliphatic carbocycles. The Morgan fingerprint density at radius 3 is 1.84 bits per heavy atom. The predicted molar refractivity (Wildman–Crippen MR) is 131 cm³/mol. The van der Waals surface area contributed by atoms with Gasteiger partial charge in [-0.15, -0.1) is 0 Å². The van der Waals surface area contributed by atoms with Crippen molar-refractivity contribution in [2.45, 2.75) is 5.41 Å². The molecule has 32 heavy (non-hydrogen) atoms. The summed E-state index contributed by atoms with van der Waals surface area (Å²) in [5, 5.41) is 22.9. The number of hydrogen-bond donors (Lipinski definition) is 2. The van der Waals surface area contributed by atoms with E-state index in [-0.39, 0.29) is 0 Å². The molecule has 0 heterocycles. The molecule has 0 saturated carbocycles. The normalized spacial score (nSPS) is 13.6. The Morgan fingerprint density at radius 1 is 0.562 bits per heavy atom. The average Bonchev–Trinajstić information content (AvgIpc) is 3.17. The van der Waals surface area contributed by atoms with E-state index in [0.29, 0.717) is 5.46 Å². The fourth-order valence-corrected chi connectivity index (χ4v) is 5.56. The first kappa shape index (κ1) is 19.1. The summed E-state index contributed by atoms with van der Waals surface area (Å²) in [4.78, 5) is 0. The van der Waals surface area contributed by atoms with Crippen molar-refractivity contribution in [1.29, 1.82) is 0 Å². The zero-order valence-electron chi connectivity index (χ0n) is 17.4. The average molecular weight is 412 g/mol. The third-order valence-electron chi connectivity index (χ3n) is 6.77. The summed E-state index contributed by atoms with van der Waals surface area (Å²) in [5.74, 6) is 0. The van der Waals surface area contributed by atoms with E-state index in [1.165, 1.54) is 16.3 Å². The van der Waals surface area contributed by atoms with Gasteiger partial charge in [-0.2, -0.15) is 0 Å². The molecular weight excluding hydrogens is 391 g/mol. The molecule has 0 atom stereocenters. The molecule has 0 amide bonds. The van der Waals surface area contributed by atoms with E-state index in [1.54, 1.807) is 0 Å². The van der Waals surface area contributed by atoms with Crippen LogP contribution in [-0.4, -0.2) is 17.2 Å². The highest BCUT2D eigenvalue weighted by molar-refractivity contribution is 6.60. The van der Waals surface area contributed by atoms with E-state index in [0.717, 1.165) is 27.8 Å². The molecule has 6 rings (SSSR count). The Bertz CT molecular complexity index is 1400. The zero-order valence-corrected chi connectivity index (χ0v) is 17.4. The first-order valence-electron chi connectivity index (χ1n) is 10.9. The van der Waals surface area contributed by atoms with Crippen molar-refractivity contribution < 1.29 is 10.0 Å². The lowest BCUT2D eigenvalue weighted by atomic mass is 9.66. The van der Waals surface area contributed by atoms with Gasteiger partial charge >= 0.3 is 7.12 Å². The van der Waals surface area contributed by atoms with Crippen LogP contribution in [0, 0.1) is 0 Å². The monoisotopic (exact) mass is 412 g/mol. The van der Waals surface area contributed by atoms with Gasteiger partial charge in [-0.3, -0.25) is 0 Å². The van der Waals surface area contributed by atoms with E-state index in [1.807, 2.05) is 24.3 Å². The zero-order chi connectivity index (χ0) is 21.7. The fraction of sp³-hybridized carbons (Fsp3) is 0.0345. The van der Waals surface area contributed by atoms with Crippen molar-refractivity contribution >= 4 is 23.4 Å². The van der Waals surface area contributed by atoms with Crippen LogP contribution in [0.25, 0.3) is 21.9 Å². The molecule has 0 radical (unpaired) electrons. The van der Waals surface area contributed by atoms with Crippen LogP contribution in [0.5, 0.6) is 0 Å². The number of hydrogen-bond acceptors (Lipinski definition) is 2. The quantitative estimate of drug-likeness (QED) is 0.407. The Hall–Kier alpha value is -3.66. The van der Waals surface area contributed by atoms with E-state index in [9.17, 15) is 10.0 Å². The van der Waals surface area contributed by atoms with E-state index < -0.39 is 12.5 Å². The summed E-state index contributed by atoms with van der Waals surface area (Å²) in [6.45, 7) is 0. The highest BCUT2D eigenvalue weighted by Gasteiger charge is 2.48.